The smallest absolute Gasteiger partial charge is 0.356 e. The Morgan fingerprint density at radius 2 is 1.42 bits per heavy atom. The molecule has 0 aliphatic rings. The Kier molecular flexibility index (Phi) is 7.91. The van der Waals surface area contributed by atoms with Gasteiger partial charge >= 0.3 is 5.97 Å². The first-order valence-corrected chi connectivity index (χ1v) is 10.3. The fourth-order valence-electron chi connectivity index (χ4n) is 2.97. The van der Waals surface area contributed by atoms with Crippen LogP contribution >= 0.6 is 11.6 Å². The minimum absolute atomic E-state index is 0.0295. The fourth-order valence-corrected chi connectivity index (χ4v) is 3.22. The molecule has 0 atom stereocenters. The number of ketones is 1. The average molecular weight is 432 g/mol. The van der Waals surface area contributed by atoms with Crippen LogP contribution in [-0.2, 0) is 9.53 Å². The molecule has 0 saturated carbocycles. The molecule has 0 N–H and O–H groups in total. The second-order valence-electron chi connectivity index (χ2n) is 6.61. The standard InChI is InChI=1S/C26H22ClNO3/c1-2-31-26(30)23(17-18-24(29)21-15-9-10-16-22(21)27)28-25(19-11-5-3-6-12-19)20-13-7-4-8-14-20/h3-17H,2,18H2,1H3/b23-17-. The Balaban J connectivity index is 2.02. The van der Waals surface area contributed by atoms with Gasteiger partial charge in [-0.25, -0.2) is 9.79 Å². The SMILES string of the molecule is CCOC(=O)/C(=C/CC(=O)c1ccccc1Cl)N=C(c1ccccc1)c1ccccc1. The van der Waals surface area contributed by atoms with Crippen LogP contribution < -0.4 is 0 Å². The molecule has 0 radical (unpaired) electrons. The van der Waals surface area contributed by atoms with E-state index in [1.807, 2.05) is 60.7 Å². The van der Waals surface area contributed by atoms with E-state index in [0.717, 1.165) is 11.1 Å². The van der Waals surface area contributed by atoms with Crippen molar-refractivity contribution in [3.8, 4) is 0 Å². The summed E-state index contributed by atoms with van der Waals surface area (Å²) in [7, 11) is 0. The quantitative estimate of drug-likeness (QED) is 0.193. The summed E-state index contributed by atoms with van der Waals surface area (Å²) in [6, 6.07) is 25.9. The zero-order valence-electron chi connectivity index (χ0n) is 17.1. The first kappa shape index (κ1) is 22.2. The van der Waals surface area contributed by atoms with Crippen molar-refractivity contribution in [3.05, 3.63) is 118 Å². The van der Waals surface area contributed by atoms with E-state index in [9.17, 15) is 9.59 Å². The van der Waals surface area contributed by atoms with Gasteiger partial charge in [0.2, 0.25) is 0 Å². The van der Waals surface area contributed by atoms with Gasteiger partial charge in [-0.15, -0.1) is 0 Å². The van der Waals surface area contributed by atoms with Gasteiger partial charge in [-0.2, -0.15) is 0 Å². The van der Waals surface area contributed by atoms with Gasteiger partial charge in [0.25, 0.3) is 0 Å². The van der Waals surface area contributed by atoms with Crippen molar-refractivity contribution in [2.45, 2.75) is 13.3 Å². The molecule has 3 aromatic rings. The molecule has 0 heterocycles. The number of aliphatic imine (C=N–C) groups is 1. The van der Waals surface area contributed by atoms with Crippen molar-refractivity contribution in [2.75, 3.05) is 6.61 Å². The molecule has 0 amide bonds. The van der Waals surface area contributed by atoms with Crippen molar-refractivity contribution >= 4 is 29.1 Å². The van der Waals surface area contributed by atoms with Gasteiger partial charge < -0.3 is 4.74 Å². The number of hydrogen-bond acceptors (Lipinski definition) is 4. The fraction of sp³-hybridized carbons (Fsp3) is 0.115. The number of hydrogen-bond donors (Lipinski definition) is 0. The van der Waals surface area contributed by atoms with Crippen LogP contribution in [0.15, 0.2) is 102 Å². The summed E-state index contributed by atoms with van der Waals surface area (Å²) in [4.78, 5) is 29.9. The van der Waals surface area contributed by atoms with Gasteiger partial charge in [0.1, 0.15) is 5.70 Å². The van der Waals surface area contributed by atoms with E-state index in [-0.39, 0.29) is 24.5 Å². The number of ether oxygens (including phenoxy) is 1. The van der Waals surface area contributed by atoms with Crippen molar-refractivity contribution in [1.82, 2.24) is 0 Å². The monoisotopic (exact) mass is 431 g/mol. The lowest BCUT2D eigenvalue weighted by Crippen LogP contribution is -2.11. The van der Waals surface area contributed by atoms with E-state index in [4.69, 9.17) is 16.3 Å². The van der Waals surface area contributed by atoms with Crippen LogP contribution in [-0.4, -0.2) is 24.1 Å². The molecule has 3 rings (SSSR count). The number of allylic oxidation sites excluding steroid dienone is 1. The van der Waals surface area contributed by atoms with Crippen LogP contribution in [0.2, 0.25) is 5.02 Å². The summed E-state index contributed by atoms with van der Waals surface area (Å²) in [5, 5.41) is 0.372. The molecule has 0 aromatic heterocycles. The predicted octanol–water partition coefficient (Wildman–Crippen LogP) is 5.90. The third-order valence-electron chi connectivity index (χ3n) is 4.47. The Hall–Kier alpha value is -3.50. The average Bonchev–Trinajstić information content (AvgIpc) is 2.80. The number of carbonyl (C=O) groups is 2. The second-order valence-corrected chi connectivity index (χ2v) is 7.02. The molecule has 0 unspecified atom stereocenters. The third kappa shape index (κ3) is 6.00. The van der Waals surface area contributed by atoms with Gasteiger partial charge in [0, 0.05) is 23.1 Å². The normalized spacial score (nSPS) is 11.0. The molecule has 0 bridgehead atoms. The minimum Gasteiger partial charge on any atom is -0.461 e. The number of carbonyl (C=O) groups excluding carboxylic acids is 2. The minimum atomic E-state index is -0.584. The van der Waals surface area contributed by atoms with Gasteiger partial charge in [-0.3, -0.25) is 4.79 Å². The van der Waals surface area contributed by atoms with Gasteiger partial charge in [-0.1, -0.05) is 84.4 Å². The number of halogens is 1. The number of Topliss-reactive ketones (excluding diaryl/α,β-unsaturated/α-hetero) is 1. The largest absolute Gasteiger partial charge is 0.461 e. The van der Waals surface area contributed by atoms with E-state index >= 15 is 0 Å². The zero-order valence-corrected chi connectivity index (χ0v) is 17.9. The summed E-state index contributed by atoms with van der Waals surface area (Å²) >= 11 is 6.13. The van der Waals surface area contributed by atoms with Crippen molar-refractivity contribution in [1.29, 1.82) is 0 Å². The lowest BCUT2D eigenvalue weighted by Gasteiger charge is -2.10. The first-order valence-electron chi connectivity index (χ1n) is 9.94. The van der Waals surface area contributed by atoms with E-state index < -0.39 is 5.97 Å². The summed E-state index contributed by atoms with van der Waals surface area (Å²) in [6.07, 6.45) is 1.47. The molecule has 0 spiro atoms. The van der Waals surface area contributed by atoms with E-state index in [1.54, 1.807) is 31.2 Å². The van der Waals surface area contributed by atoms with E-state index in [0.29, 0.717) is 16.3 Å². The van der Waals surface area contributed by atoms with E-state index in [1.165, 1.54) is 6.08 Å². The lowest BCUT2D eigenvalue weighted by atomic mass is 10.0. The maximum atomic E-state index is 12.6. The van der Waals surface area contributed by atoms with Crippen LogP contribution in [0, 0.1) is 0 Å². The molecule has 3 aromatic carbocycles. The van der Waals surface area contributed by atoms with Crippen molar-refractivity contribution in [3.63, 3.8) is 0 Å². The summed E-state index contributed by atoms with van der Waals surface area (Å²) in [5.41, 5.74) is 2.79. The molecular weight excluding hydrogens is 410 g/mol. The van der Waals surface area contributed by atoms with Crippen LogP contribution in [0.25, 0.3) is 0 Å². The Labute approximate surface area is 186 Å². The Bertz CT molecular complexity index is 1060. The number of rotatable bonds is 8. The summed E-state index contributed by atoms with van der Waals surface area (Å²) in [6.45, 7) is 1.93. The Morgan fingerprint density at radius 3 is 1.97 bits per heavy atom. The molecule has 0 fully saturated rings. The molecule has 156 valence electrons. The topological polar surface area (TPSA) is 55.7 Å². The molecule has 5 heteroatoms. The maximum absolute atomic E-state index is 12.6. The molecule has 4 nitrogen and oxygen atoms in total. The number of nitrogens with zero attached hydrogens (tertiary/aromatic N) is 1. The summed E-state index contributed by atoms with van der Waals surface area (Å²) in [5.74, 6) is -0.789. The highest BCUT2D eigenvalue weighted by molar-refractivity contribution is 6.34. The van der Waals surface area contributed by atoms with Crippen LogP contribution in [0.5, 0.6) is 0 Å². The lowest BCUT2D eigenvalue weighted by molar-refractivity contribution is -0.138. The predicted molar refractivity (Wildman–Crippen MR) is 124 cm³/mol. The van der Waals surface area contributed by atoms with Crippen LogP contribution in [0.3, 0.4) is 0 Å². The van der Waals surface area contributed by atoms with Gasteiger partial charge in [-0.05, 0) is 25.1 Å². The third-order valence-corrected chi connectivity index (χ3v) is 4.80. The van der Waals surface area contributed by atoms with E-state index in [2.05, 4.69) is 4.99 Å². The molecule has 31 heavy (non-hydrogen) atoms. The number of esters is 1. The molecular formula is C26H22ClNO3. The highest BCUT2D eigenvalue weighted by atomic mass is 35.5. The highest BCUT2D eigenvalue weighted by Crippen LogP contribution is 2.19. The number of benzene rings is 3. The second kappa shape index (κ2) is 11.0. The molecule has 0 aliphatic heterocycles. The van der Waals surface area contributed by atoms with Gasteiger partial charge in [0.15, 0.2) is 5.78 Å². The summed E-state index contributed by atoms with van der Waals surface area (Å²) < 4.78 is 5.19. The van der Waals surface area contributed by atoms with Crippen LogP contribution in [0.4, 0.5) is 0 Å². The van der Waals surface area contributed by atoms with Gasteiger partial charge in [0.05, 0.1) is 17.3 Å². The molecule has 0 saturated heterocycles. The van der Waals surface area contributed by atoms with Crippen LogP contribution in [0.1, 0.15) is 34.8 Å². The zero-order chi connectivity index (χ0) is 22.1. The van der Waals surface area contributed by atoms with Crippen molar-refractivity contribution < 1.29 is 14.3 Å². The molecule has 0 aliphatic carbocycles. The Morgan fingerprint density at radius 1 is 0.871 bits per heavy atom. The maximum Gasteiger partial charge on any atom is 0.356 e. The first-order chi connectivity index (χ1) is 15.1. The van der Waals surface area contributed by atoms with Crippen molar-refractivity contribution in [2.24, 2.45) is 4.99 Å². The highest BCUT2D eigenvalue weighted by Gasteiger charge is 2.16.